The molecule has 3 rings (SSSR count). The minimum absolute atomic E-state index is 0.0119. The smallest absolute Gasteiger partial charge is 0.185 e. The van der Waals surface area contributed by atoms with Crippen molar-refractivity contribution in [3.05, 3.63) is 35.5 Å². The number of carbonyl (C=O) groups is 1. The lowest BCUT2D eigenvalue weighted by atomic mass is 9.75. The number of unbranched alkanes of at least 4 members (excludes halogenated alkanes) is 5. The molecule has 0 aromatic carbocycles. The first-order valence-electron chi connectivity index (χ1n) is 9.95. The molecule has 3 aliphatic rings. The van der Waals surface area contributed by atoms with Crippen molar-refractivity contribution in [1.29, 1.82) is 0 Å². The summed E-state index contributed by atoms with van der Waals surface area (Å²) in [4.78, 5) is 12.4. The lowest BCUT2D eigenvalue weighted by molar-refractivity contribution is -0.133. The summed E-state index contributed by atoms with van der Waals surface area (Å²) in [6.07, 6.45) is 19.6. The number of fused-ring (bicyclic) bond motifs is 3. The second-order valence-electron chi connectivity index (χ2n) is 7.72. The Kier molecular flexibility index (Phi) is 6.10. The Morgan fingerprint density at radius 1 is 1.25 bits per heavy atom. The third kappa shape index (κ3) is 3.91. The summed E-state index contributed by atoms with van der Waals surface area (Å²) in [5, 5.41) is 0. The molecule has 0 amide bonds. The molecule has 2 heteroatoms. The van der Waals surface area contributed by atoms with Gasteiger partial charge < -0.3 is 4.74 Å². The van der Waals surface area contributed by atoms with Crippen molar-refractivity contribution in [2.24, 2.45) is 11.8 Å². The summed E-state index contributed by atoms with van der Waals surface area (Å²) in [6.45, 7) is 4.41. The van der Waals surface area contributed by atoms with Crippen LogP contribution < -0.4 is 0 Å². The maximum atomic E-state index is 12.4. The SMILES string of the molecule is CCCCCCC/C=C/[C@H]1O[C@@H]2C(=O)C=C3CCC[C@@H]3[C@H]2C=C1C. The molecule has 24 heavy (non-hydrogen) atoms. The number of allylic oxidation sites excluding steroid dienone is 2. The van der Waals surface area contributed by atoms with E-state index in [2.05, 4.69) is 32.1 Å². The predicted molar refractivity (Wildman–Crippen MR) is 98.9 cm³/mol. The first kappa shape index (κ1) is 17.7. The Labute approximate surface area is 147 Å². The van der Waals surface area contributed by atoms with E-state index >= 15 is 0 Å². The first-order chi connectivity index (χ1) is 11.7. The second-order valence-corrected chi connectivity index (χ2v) is 7.72. The van der Waals surface area contributed by atoms with Gasteiger partial charge in [-0.25, -0.2) is 0 Å². The van der Waals surface area contributed by atoms with Gasteiger partial charge in [0.2, 0.25) is 0 Å². The first-order valence-corrected chi connectivity index (χ1v) is 9.95. The van der Waals surface area contributed by atoms with Crippen LogP contribution in [0.5, 0.6) is 0 Å². The van der Waals surface area contributed by atoms with Crippen LogP contribution in [-0.2, 0) is 9.53 Å². The average molecular weight is 328 g/mol. The van der Waals surface area contributed by atoms with Crippen molar-refractivity contribution < 1.29 is 9.53 Å². The minimum atomic E-state index is -0.250. The fourth-order valence-corrected chi connectivity index (χ4v) is 4.49. The number of carbonyl (C=O) groups excluding carboxylic acids is 1. The van der Waals surface area contributed by atoms with Crippen molar-refractivity contribution in [2.45, 2.75) is 83.8 Å². The zero-order chi connectivity index (χ0) is 16.9. The summed E-state index contributed by atoms with van der Waals surface area (Å²) in [6, 6.07) is 0. The molecule has 0 N–H and O–H groups in total. The van der Waals surface area contributed by atoms with E-state index in [9.17, 15) is 4.79 Å². The highest BCUT2D eigenvalue weighted by Gasteiger charge is 2.43. The van der Waals surface area contributed by atoms with Crippen LogP contribution in [0, 0.1) is 11.8 Å². The largest absolute Gasteiger partial charge is 0.358 e. The summed E-state index contributed by atoms with van der Waals surface area (Å²) < 4.78 is 6.22. The van der Waals surface area contributed by atoms with Crippen LogP contribution in [-0.4, -0.2) is 18.0 Å². The molecule has 0 radical (unpaired) electrons. The topological polar surface area (TPSA) is 26.3 Å². The molecule has 0 bridgehead atoms. The molecular weight excluding hydrogens is 296 g/mol. The van der Waals surface area contributed by atoms with Crippen LogP contribution in [0.3, 0.4) is 0 Å². The molecule has 2 nitrogen and oxygen atoms in total. The van der Waals surface area contributed by atoms with Crippen LogP contribution in [0.4, 0.5) is 0 Å². The standard InChI is InChI=1S/C22H32O2/c1-3-4-5-6-7-8-9-13-21-16(2)14-19-18-12-10-11-17(18)15-20(23)22(19)24-21/h9,13-15,18-19,21-22H,3-8,10-12H2,1-2H3/b13-9+/t18-,19+,21+,22-/m0/s1. The van der Waals surface area contributed by atoms with Crippen LogP contribution in [0.25, 0.3) is 0 Å². The Balaban J connectivity index is 1.56. The van der Waals surface area contributed by atoms with Crippen molar-refractivity contribution in [2.75, 3.05) is 0 Å². The van der Waals surface area contributed by atoms with Gasteiger partial charge >= 0.3 is 0 Å². The van der Waals surface area contributed by atoms with Gasteiger partial charge in [-0.05, 0) is 56.6 Å². The number of ether oxygens (including phenoxy) is 1. The Bertz CT molecular complexity index is 540. The van der Waals surface area contributed by atoms with Crippen molar-refractivity contribution in [3.63, 3.8) is 0 Å². The molecular formula is C22H32O2. The fourth-order valence-electron chi connectivity index (χ4n) is 4.49. The number of ketones is 1. The molecule has 0 spiro atoms. The fraction of sp³-hybridized carbons (Fsp3) is 0.682. The van der Waals surface area contributed by atoms with Crippen LogP contribution in [0.1, 0.15) is 71.6 Å². The molecule has 0 aromatic rings. The number of hydrogen-bond donors (Lipinski definition) is 0. The summed E-state index contributed by atoms with van der Waals surface area (Å²) in [5.41, 5.74) is 2.65. The highest BCUT2D eigenvalue weighted by Crippen LogP contribution is 2.45. The summed E-state index contributed by atoms with van der Waals surface area (Å²) in [7, 11) is 0. The highest BCUT2D eigenvalue weighted by molar-refractivity contribution is 5.96. The van der Waals surface area contributed by atoms with Gasteiger partial charge in [0.15, 0.2) is 5.78 Å². The highest BCUT2D eigenvalue weighted by atomic mass is 16.5. The molecule has 132 valence electrons. The predicted octanol–water partition coefficient (Wildman–Crippen LogP) is 5.54. The van der Waals surface area contributed by atoms with Gasteiger partial charge in [0.05, 0.1) is 6.10 Å². The lowest BCUT2D eigenvalue weighted by Crippen LogP contribution is -2.43. The van der Waals surface area contributed by atoms with Gasteiger partial charge in [-0.2, -0.15) is 0 Å². The zero-order valence-electron chi connectivity index (χ0n) is 15.3. The van der Waals surface area contributed by atoms with Crippen molar-refractivity contribution in [3.8, 4) is 0 Å². The summed E-state index contributed by atoms with van der Waals surface area (Å²) in [5.74, 6) is 1.01. The maximum Gasteiger partial charge on any atom is 0.185 e. The molecule has 1 fully saturated rings. The Morgan fingerprint density at radius 3 is 2.92 bits per heavy atom. The van der Waals surface area contributed by atoms with Crippen molar-refractivity contribution in [1.82, 2.24) is 0 Å². The van der Waals surface area contributed by atoms with Gasteiger partial charge in [0, 0.05) is 5.92 Å². The van der Waals surface area contributed by atoms with E-state index in [1.165, 1.54) is 56.1 Å². The quantitative estimate of drug-likeness (QED) is 0.453. The van der Waals surface area contributed by atoms with Crippen LogP contribution in [0.2, 0.25) is 0 Å². The summed E-state index contributed by atoms with van der Waals surface area (Å²) >= 11 is 0. The van der Waals surface area contributed by atoms with E-state index in [-0.39, 0.29) is 23.9 Å². The van der Waals surface area contributed by atoms with E-state index in [1.54, 1.807) is 0 Å². The van der Waals surface area contributed by atoms with Gasteiger partial charge in [0.25, 0.3) is 0 Å². The average Bonchev–Trinajstić information content (AvgIpc) is 3.03. The number of rotatable bonds is 7. The number of hydrogen-bond acceptors (Lipinski definition) is 2. The third-order valence-electron chi connectivity index (χ3n) is 5.86. The minimum Gasteiger partial charge on any atom is -0.358 e. The Morgan fingerprint density at radius 2 is 2.08 bits per heavy atom. The van der Waals surface area contributed by atoms with E-state index in [0.717, 1.165) is 12.8 Å². The Hall–Kier alpha value is -1.15. The third-order valence-corrected chi connectivity index (χ3v) is 5.86. The lowest BCUT2D eigenvalue weighted by Gasteiger charge is -2.39. The van der Waals surface area contributed by atoms with E-state index in [0.29, 0.717) is 5.92 Å². The zero-order valence-corrected chi connectivity index (χ0v) is 15.3. The van der Waals surface area contributed by atoms with Gasteiger partial charge in [-0.1, -0.05) is 56.4 Å². The maximum absolute atomic E-state index is 12.4. The molecule has 0 saturated heterocycles. The molecule has 2 aliphatic carbocycles. The van der Waals surface area contributed by atoms with Crippen LogP contribution in [0.15, 0.2) is 35.5 Å². The second kappa shape index (κ2) is 8.29. The van der Waals surface area contributed by atoms with E-state index in [4.69, 9.17) is 4.74 Å². The van der Waals surface area contributed by atoms with Crippen LogP contribution >= 0.6 is 0 Å². The van der Waals surface area contributed by atoms with Gasteiger partial charge in [-0.3, -0.25) is 4.79 Å². The molecule has 4 atom stereocenters. The molecule has 0 aromatic heterocycles. The molecule has 1 aliphatic heterocycles. The molecule has 0 unspecified atom stereocenters. The van der Waals surface area contributed by atoms with Gasteiger partial charge in [0.1, 0.15) is 6.10 Å². The monoisotopic (exact) mass is 328 g/mol. The normalized spacial score (nSPS) is 32.5. The van der Waals surface area contributed by atoms with Crippen molar-refractivity contribution >= 4 is 5.78 Å². The molecule has 1 heterocycles. The van der Waals surface area contributed by atoms with E-state index in [1.807, 2.05) is 6.08 Å². The molecule has 1 saturated carbocycles. The van der Waals surface area contributed by atoms with Gasteiger partial charge in [-0.15, -0.1) is 0 Å². The van der Waals surface area contributed by atoms with E-state index < -0.39 is 0 Å².